The van der Waals surface area contributed by atoms with E-state index in [2.05, 4.69) is 52.2 Å². The molecule has 0 aliphatic heterocycles. The monoisotopic (exact) mass is 562 g/mol. The Morgan fingerprint density at radius 1 is 0.735 bits per heavy atom. The van der Waals surface area contributed by atoms with Crippen LogP contribution in [-0.4, -0.2) is 33.3 Å². The maximum absolute atomic E-state index is 6.08. The van der Waals surface area contributed by atoms with E-state index >= 15 is 0 Å². The summed E-state index contributed by atoms with van der Waals surface area (Å²) in [5.41, 5.74) is 0.806. The first-order chi connectivity index (χ1) is 14.8. The minimum absolute atomic E-state index is 0. The maximum Gasteiger partial charge on any atom is 1.00 e. The van der Waals surface area contributed by atoms with Crippen molar-refractivity contribution in [2.75, 3.05) is 13.5 Å². The van der Waals surface area contributed by atoms with E-state index in [0.717, 1.165) is 23.7 Å². The van der Waals surface area contributed by atoms with Gasteiger partial charge >= 0.3 is 59.1 Å². The summed E-state index contributed by atoms with van der Waals surface area (Å²) in [4.78, 5) is 0. The fraction of sp³-hybridized carbons (Fsp3) is 0.917. The molecule has 0 heterocycles. The van der Waals surface area contributed by atoms with Crippen LogP contribution < -0.4 is 69.7 Å². The number of hydrogen-bond acceptors (Lipinski definition) is 6. The number of thiocarbonyl (C=S) groups is 2. The molecule has 0 spiro atoms. The fourth-order valence-corrected chi connectivity index (χ4v) is 7.36. The van der Waals surface area contributed by atoms with Crippen LogP contribution in [0.3, 0.4) is 0 Å². The van der Waals surface area contributed by atoms with Gasteiger partial charge in [-0.3, -0.25) is 0 Å². The van der Waals surface area contributed by atoms with E-state index in [1.54, 1.807) is 0 Å². The zero-order valence-electron chi connectivity index (χ0n) is 22.4. The van der Waals surface area contributed by atoms with Gasteiger partial charge in [-0.15, -0.1) is 0 Å². The number of nitrogens with one attached hydrogen (secondary N) is 2. The third-order valence-corrected chi connectivity index (χ3v) is 9.75. The molecule has 0 amide bonds. The number of fused-ring (bicyclic) bond motifs is 2. The van der Waals surface area contributed by atoms with Crippen molar-refractivity contribution in [2.45, 2.75) is 91.3 Å². The predicted octanol–water partition coefficient (Wildman–Crippen LogP) is -0.799. The molecule has 0 radical (unpaired) electrons. The fourth-order valence-electron chi connectivity index (χ4n) is 7.13. The molecule has 0 bridgehead atoms. The van der Waals surface area contributed by atoms with Gasteiger partial charge in [0.05, 0.1) is 11.2 Å². The van der Waals surface area contributed by atoms with Crippen LogP contribution >= 0.6 is 24.4 Å². The molecule has 184 valence electrons. The summed E-state index contributed by atoms with van der Waals surface area (Å²) in [5, 5.41) is 5.84. The van der Waals surface area contributed by atoms with Crippen LogP contribution in [0.25, 0.3) is 0 Å². The summed E-state index contributed by atoms with van der Waals surface area (Å²) in [6, 6.07) is 0. The summed E-state index contributed by atoms with van der Waals surface area (Å²) in [5.74, 6) is 2.98. The topological polar surface area (TPSA) is 42.5 Å². The maximum atomic E-state index is 6.08. The van der Waals surface area contributed by atoms with E-state index in [0.29, 0.717) is 32.9 Å². The van der Waals surface area contributed by atoms with Gasteiger partial charge in [-0.25, -0.2) is 0 Å². The van der Waals surface area contributed by atoms with Crippen molar-refractivity contribution in [1.82, 2.24) is 10.6 Å². The quantitative estimate of drug-likeness (QED) is 0.189. The van der Waals surface area contributed by atoms with Crippen LogP contribution in [-0.2, 0) is 34.7 Å². The summed E-state index contributed by atoms with van der Waals surface area (Å²) in [6.45, 7) is 14.9. The molecule has 4 saturated carbocycles. The Kier molecular flexibility index (Phi) is 13.1. The van der Waals surface area contributed by atoms with E-state index in [9.17, 15) is 0 Å². The van der Waals surface area contributed by atoms with Crippen LogP contribution in [0.2, 0.25) is 0 Å². The van der Waals surface area contributed by atoms with Gasteiger partial charge in [-0.2, -0.15) is 0 Å². The standard InChI is InChI=1S/2C12H21NOS2.2Na/c2*1-8-4-5-9-11(2,3)12(9,6-8)14-7-13-10(15)16;;/h2*8-9H,4-7H2,1-3H3,(H2,13,15,16);;/q;;2*+1/p-2. The van der Waals surface area contributed by atoms with Crippen molar-refractivity contribution in [3.8, 4) is 0 Å². The molecule has 4 rings (SSSR count). The van der Waals surface area contributed by atoms with E-state index in [1.807, 2.05) is 0 Å². The molecule has 0 saturated heterocycles. The van der Waals surface area contributed by atoms with Gasteiger partial charge in [-0.1, -0.05) is 63.0 Å². The first kappa shape index (κ1) is 34.2. The molecule has 4 nitrogen and oxygen atoms in total. The second-order valence-electron chi connectivity index (χ2n) is 11.6. The number of hydrogen-bond donors (Lipinski definition) is 2. The summed E-state index contributed by atoms with van der Waals surface area (Å²) >= 11 is 19.3. The van der Waals surface area contributed by atoms with E-state index in [4.69, 9.17) is 59.2 Å². The molecule has 6 unspecified atom stereocenters. The van der Waals surface area contributed by atoms with Crippen molar-refractivity contribution >= 4 is 58.3 Å². The van der Waals surface area contributed by atoms with E-state index < -0.39 is 0 Å². The number of ether oxygens (including phenoxy) is 2. The van der Waals surface area contributed by atoms with Gasteiger partial charge in [-0.05, 0) is 60.2 Å². The molecule has 4 fully saturated rings. The number of rotatable bonds is 6. The van der Waals surface area contributed by atoms with Gasteiger partial charge in [0.15, 0.2) is 0 Å². The molecule has 6 atom stereocenters. The van der Waals surface area contributed by atoms with Crippen molar-refractivity contribution < 1.29 is 68.6 Å². The zero-order valence-corrected chi connectivity index (χ0v) is 29.7. The first-order valence-electron chi connectivity index (χ1n) is 12.0. The Bertz CT molecular complexity index is 682. The minimum Gasteiger partial charge on any atom is -0.412 e. The van der Waals surface area contributed by atoms with E-state index in [-0.39, 0.29) is 70.3 Å². The molecule has 34 heavy (non-hydrogen) atoms. The summed E-state index contributed by atoms with van der Waals surface area (Å²) < 4.78 is 12.9. The van der Waals surface area contributed by atoms with Crippen molar-refractivity contribution in [1.29, 1.82) is 0 Å². The molecule has 2 N–H and O–H groups in total. The van der Waals surface area contributed by atoms with Crippen LogP contribution in [0.1, 0.15) is 80.1 Å². The normalized spacial score (nSPS) is 37.6. The molecule has 0 aromatic heterocycles. The smallest absolute Gasteiger partial charge is 0.412 e. The third-order valence-electron chi connectivity index (χ3n) is 9.17. The predicted molar refractivity (Wildman–Crippen MR) is 144 cm³/mol. The van der Waals surface area contributed by atoms with Crippen LogP contribution in [0.5, 0.6) is 0 Å². The minimum atomic E-state index is 0. The van der Waals surface area contributed by atoms with Crippen LogP contribution in [0, 0.1) is 34.5 Å². The van der Waals surface area contributed by atoms with Crippen LogP contribution in [0.4, 0.5) is 0 Å². The molecular formula is C24H40N2Na2O2S4. The van der Waals surface area contributed by atoms with Crippen molar-refractivity contribution in [3.05, 3.63) is 0 Å². The van der Waals surface area contributed by atoms with E-state index in [1.165, 1.54) is 38.5 Å². The molecular weight excluding hydrogens is 523 g/mol. The van der Waals surface area contributed by atoms with Gasteiger partial charge in [0, 0.05) is 0 Å². The summed E-state index contributed by atoms with van der Waals surface area (Å²) in [6.07, 6.45) is 7.63. The Morgan fingerprint density at radius 3 is 1.35 bits per heavy atom. The molecule has 0 aromatic rings. The molecule has 0 aromatic carbocycles. The Morgan fingerprint density at radius 2 is 1.06 bits per heavy atom. The van der Waals surface area contributed by atoms with Gasteiger partial charge < -0.3 is 69.8 Å². The third kappa shape index (κ3) is 6.82. The van der Waals surface area contributed by atoms with Gasteiger partial charge in [0.25, 0.3) is 0 Å². The average Bonchev–Trinajstić information content (AvgIpc) is 3.35. The molecule has 10 heteroatoms. The average molecular weight is 563 g/mol. The van der Waals surface area contributed by atoms with Gasteiger partial charge in [0.1, 0.15) is 13.5 Å². The molecule has 4 aliphatic rings. The molecule has 4 aliphatic carbocycles. The second kappa shape index (κ2) is 13.0. The van der Waals surface area contributed by atoms with Crippen molar-refractivity contribution in [3.63, 3.8) is 0 Å². The largest absolute Gasteiger partial charge is 1.00 e. The van der Waals surface area contributed by atoms with Crippen molar-refractivity contribution in [2.24, 2.45) is 34.5 Å². The van der Waals surface area contributed by atoms with Gasteiger partial charge in [0.2, 0.25) is 0 Å². The summed E-state index contributed by atoms with van der Waals surface area (Å²) in [7, 11) is 0. The Balaban J connectivity index is 0.000000321. The first-order valence-corrected chi connectivity index (χ1v) is 13.6. The van der Waals surface area contributed by atoms with Crippen LogP contribution in [0.15, 0.2) is 0 Å². The Hall–Kier alpha value is 2.14. The zero-order chi connectivity index (χ0) is 23.9. The second-order valence-corrected chi connectivity index (χ2v) is 13.8. The Labute approximate surface area is 273 Å². The SMILES string of the molecule is CC1CCC2C(C)(C)C2(OCNC(=S)[S-])C1.CC1CCC2C(C)(C)C2(OCNC(=S)[S-])C1.[Na+].[Na+].